The molecular weight excluding hydrogens is 370 g/mol. The van der Waals surface area contributed by atoms with Crippen LogP contribution in [0.1, 0.15) is 39.8 Å². The van der Waals surface area contributed by atoms with Crippen LogP contribution < -0.4 is 11.1 Å². The van der Waals surface area contributed by atoms with Gasteiger partial charge < -0.3 is 16.0 Å². The Bertz CT molecular complexity index is 749. The lowest BCUT2D eigenvalue weighted by molar-refractivity contribution is 0.0660. The van der Waals surface area contributed by atoms with Crippen LogP contribution in [0, 0.1) is 5.92 Å². The first kappa shape index (κ1) is 20.4. The smallest absolute Gasteiger partial charge is 0.265 e. The van der Waals surface area contributed by atoms with Gasteiger partial charge in [-0.15, -0.1) is 23.7 Å². The fourth-order valence-electron chi connectivity index (χ4n) is 3.14. The molecule has 2 amide bonds. The van der Waals surface area contributed by atoms with Gasteiger partial charge in [-0.25, -0.2) is 0 Å². The molecule has 1 aromatic carbocycles. The average Bonchev–Trinajstić information content (AvgIpc) is 3.16. The largest absolute Gasteiger partial charge is 0.338 e. The molecule has 2 unspecified atom stereocenters. The number of hydrogen-bond acceptors (Lipinski definition) is 4. The van der Waals surface area contributed by atoms with Crippen molar-refractivity contribution in [1.29, 1.82) is 0 Å². The van der Waals surface area contributed by atoms with Gasteiger partial charge in [0.15, 0.2) is 0 Å². The Morgan fingerprint density at radius 2 is 2.12 bits per heavy atom. The van der Waals surface area contributed by atoms with E-state index < -0.39 is 0 Å². The number of thiophene rings is 1. The number of anilines is 1. The summed E-state index contributed by atoms with van der Waals surface area (Å²) in [5.74, 6) is 0.187. The highest BCUT2D eigenvalue weighted by Gasteiger charge is 2.26. The van der Waals surface area contributed by atoms with Crippen molar-refractivity contribution in [3.63, 3.8) is 0 Å². The van der Waals surface area contributed by atoms with Crippen LogP contribution in [0.15, 0.2) is 41.8 Å². The highest BCUT2D eigenvalue weighted by atomic mass is 35.5. The first-order valence-corrected chi connectivity index (χ1v) is 9.42. The van der Waals surface area contributed by atoms with Gasteiger partial charge in [-0.2, -0.15) is 0 Å². The maximum Gasteiger partial charge on any atom is 0.265 e. The van der Waals surface area contributed by atoms with E-state index in [0.29, 0.717) is 28.6 Å². The lowest BCUT2D eigenvalue weighted by Crippen LogP contribution is -2.45. The van der Waals surface area contributed by atoms with Crippen molar-refractivity contribution in [2.24, 2.45) is 11.7 Å². The summed E-state index contributed by atoms with van der Waals surface area (Å²) in [5, 5.41) is 4.71. The van der Waals surface area contributed by atoms with Gasteiger partial charge in [0.05, 0.1) is 4.88 Å². The number of hydrogen-bond donors (Lipinski definition) is 2. The molecule has 1 saturated heterocycles. The number of nitrogens with one attached hydrogen (secondary N) is 1. The van der Waals surface area contributed by atoms with Crippen molar-refractivity contribution in [2.75, 3.05) is 18.4 Å². The number of amides is 2. The SMILES string of the molecule is CC(N)C1CCCN(C(=O)c2cccc(NC(=O)c3cccs3)c2)C1.Cl. The zero-order valence-corrected chi connectivity index (χ0v) is 16.3. The van der Waals surface area contributed by atoms with Crippen LogP contribution in [0.25, 0.3) is 0 Å². The maximum absolute atomic E-state index is 12.8. The molecule has 0 aliphatic carbocycles. The van der Waals surface area contributed by atoms with E-state index >= 15 is 0 Å². The predicted molar refractivity (Wildman–Crippen MR) is 108 cm³/mol. The number of likely N-dealkylation sites (tertiary alicyclic amines) is 1. The minimum absolute atomic E-state index is 0. The molecule has 2 aromatic rings. The first-order valence-electron chi connectivity index (χ1n) is 8.54. The normalized spacial score (nSPS) is 17.9. The highest BCUT2D eigenvalue weighted by molar-refractivity contribution is 7.12. The number of benzene rings is 1. The van der Waals surface area contributed by atoms with Gasteiger partial charge in [0.2, 0.25) is 0 Å². The summed E-state index contributed by atoms with van der Waals surface area (Å²) >= 11 is 1.39. The molecule has 5 nitrogen and oxygen atoms in total. The Balaban J connectivity index is 0.00000243. The molecule has 26 heavy (non-hydrogen) atoms. The van der Waals surface area contributed by atoms with E-state index in [9.17, 15) is 9.59 Å². The minimum atomic E-state index is -0.158. The van der Waals surface area contributed by atoms with Crippen molar-refractivity contribution >= 4 is 41.2 Å². The monoisotopic (exact) mass is 393 g/mol. The number of piperidine rings is 1. The van der Waals surface area contributed by atoms with E-state index in [2.05, 4.69) is 5.32 Å². The molecule has 2 atom stereocenters. The molecule has 0 bridgehead atoms. The van der Waals surface area contributed by atoms with Crippen LogP contribution in [-0.4, -0.2) is 35.8 Å². The minimum Gasteiger partial charge on any atom is -0.338 e. The van der Waals surface area contributed by atoms with Gasteiger partial charge in [-0.05, 0) is 55.3 Å². The van der Waals surface area contributed by atoms with E-state index in [1.807, 2.05) is 23.3 Å². The van der Waals surface area contributed by atoms with Crippen molar-refractivity contribution in [3.8, 4) is 0 Å². The molecule has 1 aromatic heterocycles. The molecule has 0 saturated carbocycles. The highest BCUT2D eigenvalue weighted by Crippen LogP contribution is 2.22. The molecule has 1 aliphatic heterocycles. The number of carbonyl (C=O) groups excluding carboxylic acids is 2. The molecule has 3 rings (SSSR count). The van der Waals surface area contributed by atoms with Gasteiger partial charge in [-0.3, -0.25) is 9.59 Å². The zero-order valence-electron chi connectivity index (χ0n) is 14.7. The Labute approximate surface area is 164 Å². The number of nitrogens with two attached hydrogens (primary N) is 1. The number of rotatable bonds is 4. The second-order valence-electron chi connectivity index (χ2n) is 6.52. The third-order valence-corrected chi connectivity index (χ3v) is 5.47. The second-order valence-corrected chi connectivity index (χ2v) is 7.47. The van der Waals surface area contributed by atoms with Crippen molar-refractivity contribution in [3.05, 3.63) is 52.2 Å². The number of carbonyl (C=O) groups is 2. The molecular formula is C19H24ClN3O2S. The van der Waals surface area contributed by atoms with Crippen molar-refractivity contribution in [2.45, 2.75) is 25.8 Å². The summed E-state index contributed by atoms with van der Waals surface area (Å²) < 4.78 is 0. The molecule has 1 fully saturated rings. The van der Waals surface area contributed by atoms with E-state index in [0.717, 1.165) is 19.4 Å². The molecule has 0 spiro atoms. The fraction of sp³-hybridized carbons (Fsp3) is 0.368. The van der Waals surface area contributed by atoms with Gasteiger partial charge in [0, 0.05) is 30.4 Å². The summed E-state index contributed by atoms with van der Waals surface area (Å²) in [4.78, 5) is 27.5. The van der Waals surface area contributed by atoms with Crippen LogP contribution in [0.5, 0.6) is 0 Å². The topological polar surface area (TPSA) is 75.4 Å². The fourth-order valence-corrected chi connectivity index (χ4v) is 3.76. The predicted octanol–water partition coefficient (Wildman–Crippen LogP) is 3.62. The number of halogens is 1. The van der Waals surface area contributed by atoms with Gasteiger partial charge >= 0.3 is 0 Å². The van der Waals surface area contributed by atoms with Crippen LogP contribution >= 0.6 is 23.7 Å². The molecule has 1 aliphatic rings. The van der Waals surface area contributed by atoms with Crippen LogP contribution in [0.2, 0.25) is 0 Å². The third kappa shape index (κ3) is 4.84. The maximum atomic E-state index is 12.8. The quantitative estimate of drug-likeness (QED) is 0.832. The summed E-state index contributed by atoms with van der Waals surface area (Å²) in [7, 11) is 0. The molecule has 0 radical (unpaired) electrons. The van der Waals surface area contributed by atoms with E-state index in [1.165, 1.54) is 11.3 Å². The Hall–Kier alpha value is -1.89. The van der Waals surface area contributed by atoms with Crippen LogP contribution in [0.3, 0.4) is 0 Å². The molecule has 2 heterocycles. The summed E-state index contributed by atoms with van der Waals surface area (Å²) in [6.07, 6.45) is 2.05. The lowest BCUT2D eigenvalue weighted by atomic mass is 9.92. The molecule has 140 valence electrons. The van der Waals surface area contributed by atoms with E-state index in [1.54, 1.807) is 30.3 Å². The third-order valence-electron chi connectivity index (χ3n) is 4.60. The van der Waals surface area contributed by atoms with Gasteiger partial charge in [-0.1, -0.05) is 12.1 Å². The first-order chi connectivity index (χ1) is 12.0. The summed E-state index contributed by atoms with van der Waals surface area (Å²) in [6.45, 7) is 3.45. The lowest BCUT2D eigenvalue weighted by Gasteiger charge is -2.34. The summed E-state index contributed by atoms with van der Waals surface area (Å²) in [6, 6.07) is 10.8. The Morgan fingerprint density at radius 1 is 1.31 bits per heavy atom. The van der Waals surface area contributed by atoms with Crippen molar-refractivity contribution < 1.29 is 9.59 Å². The zero-order chi connectivity index (χ0) is 17.8. The Morgan fingerprint density at radius 3 is 2.81 bits per heavy atom. The van der Waals surface area contributed by atoms with E-state index in [-0.39, 0.29) is 30.3 Å². The standard InChI is InChI=1S/C19H23N3O2S.ClH/c1-13(20)15-6-3-9-22(12-15)19(24)14-5-2-7-16(11-14)21-18(23)17-8-4-10-25-17;/h2,4-5,7-8,10-11,13,15H,3,6,9,12,20H2,1H3,(H,21,23);1H. The molecule has 7 heteroatoms. The summed E-state index contributed by atoms with van der Waals surface area (Å²) in [5.41, 5.74) is 7.23. The second kappa shape index (κ2) is 9.16. The van der Waals surface area contributed by atoms with Gasteiger partial charge in [0.25, 0.3) is 11.8 Å². The van der Waals surface area contributed by atoms with E-state index in [4.69, 9.17) is 5.73 Å². The number of nitrogens with zero attached hydrogens (tertiary/aromatic N) is 1. The average molecular weight is 394 g/mol. The van der Waals surface area contributed by atoms with Gasteiger partial charge in [0.1, 0.15) is 0 Å². The van der Waals surface area contributed by atoms with Crippen molar-refractivity contribution in [1.82, 2.24) is 4.90 Å². The van der Waals surface area contributed by atoms with Crippen LogP contribution in [0.4, 0.5) is 5.69 Å². The van der Waals surface area contributed by atoms with Crippen LogP contribution in [-0.2, 0) is 0 Å². The Kier molecular flexibility index (Phi) is 7.20. The molecule has 3 N–H and O–H groups in total.